The molecule has 0 saturated heterocycles. The van der Waals surface area contributed by atoms with Crippen molar-refractivity contribution in [2.45, 2.75) is 0 Å². The van der Waals surface area contributed by atoms with Crippen molar-refractivity contribution in [2.75, 3.05) is 0 Å². The fraction of sp³-hybridized carbons (Fsp3) is 0. The Morgan fingerprint density at radius 2 is 0.909 bits per heavy atom. The van der Waals surface area contributed by atoms with Crippen LogP contribution in [0.5, 0.6) is 0 Å². The highest BCUT2D eigenvalue weighted by Crippen LogP contribution is 2.41. The number of para-hydroxylation sites is 3. The first kappa shape index (κ1) is 31.2. The van der Waals surface area contributed by atoms with Crippen LogP contribution in [0.25, 0.3) is 105 Å². The van der Waals surface area contributed by atoms with Crippen molar-refractivity contribution < 1.29 is 0 Å². The molecule has 11 rings (SSSR count). The van der Waals surface area contributed by atoms with Gasteiger partial charge in [0.25, 0.3) is 0 Å². The molecule has 0 aliphatic heterocycles. The van der Waals surface area contributed by atoms with Crippen LogP contribution in [0.15, 0.2) is 200 Å². The molecule has 3 nitrogen and oxygen atoms in total. The molecule has 2 aromatic heterocycles. The van der Waals surface area contributed by atoms with Crippen molar-refractivity contribution in [3.05, 3.63) is 200 Å². The van der Waals surface area contributed by atoms with Crippen LogP contribution in [-0.2, 0) is 0 Å². The van der Waals surface area contributed by atoms with Gasteiger partial charge in [-0.2, -0.15) is 0 Å². The van der Waals surface area contributed by atoms with Gasteiger partial charge in [-0.25, -0.2) is 9.97 Å². The Labute approximate surface area is 318 Å². The number of hydrogen-bond donors (Lipinski definition) is 0. The Kier molecular flexibility index (Phi) is 7.17. The lowest BCUT2D eigenvalue weighted by molar-refractivity contribution is 1.10. The number of pyridine rings is 1. The van der Waals surface area contributed by atoms with E-state index in [-0.39, 0.29) is 0 Å². The summed E-state index contributed by atoms with van der Waals surface area (Å²) < 4.78 is 2.26. The Morgan fingerprint density at radius 1 is 0.345 bits per heavy atom. The molecule has 0 radical (unpaired) electrons. The second-order valence-corrected chi connectivity index (χ2v) is 14.2. The van der Waals surface area contributed by atoms with Crippen LogP contribution in [-0.4, -0.2) is 14.5 Å². The zero-order valence-corrected chi connectivity index (χ0v) is 29.9. The number of benzene rings is 9. The number of fused-ring (bicyclic) bond motifs is 6. The van der Waals surface area contributed by atoms with Gasteiger partial charge in [0.05, 0.1) is 22.2 Å². The van der Waals surface area contributed by atoms with E-state index >= 15 is 0 Å². The zero-order chi connectivity index (χ0) is 36.3. The fourth-order valence-corrected chi connectivity index (χ4v) is 8.24. The standard InChI is InChI=1S/C52H33N3/c1-2-16-42(17-3-1)55-50-21-11-10-20-48(50)54-52(55)37-26-24-36(25-27-37)46-33-49(41-29-23-35-13-5-7-15-39(35)31-41)53-51-44-19-9-8-18-43(44)45(32-47(46)51)40-28-22-34-12-4-6-14-38(34)30-40/h1-33H. The highest BCUT2D eigenvalue weighted by atomic mass is 15.1. The molecule has 0 unspecified atom stereocenters. The van der Waals surface area contributed by atoms with Gasteiger partial charge in [0, 0.05) is 27.6 Å². The van der Waals surface area contributed by atoms with Crippen LogP contribution in [0.4, 0.5) is 0 Å². The number of hydrogen-bond acceptors (Lipinski definition) is 2. The van der Waals surface area contributed by atoms with Gasteiger partial charge in [0.15, 0.2) is 0 Å². The van der Waals surface area contributed by atoms with E-state index in [0.717, 1.165) is 66.8 Å². The monoisotopic (exact) mass is 699 g/mol. The minimum absolute atomic E-state index is 0.917. The van der Waals surface area contributed by atoms with Crippen molar-refractivity contribution in [2.24, 2.45) is 0 Å². The lowest BCUT2D eigenvalue weighted by atomic mass is 9.90. The lowest BCUT2D eigenvalue weighted by Crippen LogP contribution is -1.97. The molecule has 0 bridgehead atoms. The summed E-state index contributed by atoms with van der Waals surface area (Å²) >= 11 is 0. The summed E-state index contributed by atoms with van der Waals surface area (Å²) in [6, 6.07) is 71.7. The summed E-state index contributed by atoms with van der Waals surface area (Å²) in [5.41, 5.74) is 11.9. The second-order valence-electron chi connectivity index (χ2n) is 14.2. The molecule has 9 aromatic carbocycles. The first-order valence-corrected chi connectivity index (χ1v) is 18.7. The molecule has 0 fully saturated rings. The van der Waals surface area contributed by atoms with Gasteiger partial charge < -0.3 is 0 Å². The van der Waals surface area contributed by atoms with Crippen LogP contribution >= 0.6 is 0 Å². The Balaban J connectivity index is 1.15. The summed E-state index contributed by atoms with van der Waals surface area (Å²) in [6.45, 7) is 0. The van der Waals surface area contributed by atoms with Crippen molar-refractivity contribution in [1.29, 1.82) is 0 Å². The third kappa shape index (κ3) is 5.28. The summed E-state index contributed by atoms with van der Waals surface area (Å²) in [5.74, 6) is 0.917. The molecule has 0 aliphatic carbocycles. The van der Waals surface area contributed by atoms with Gasteiger partial charge in [0.1, 0.15) is 5.82 Å². The maximum absolute atomic E-state index is 5.47. The average molecular weight is 700 g/mol. The van der Waals surface area contributed by atoms with Crippen molar-refractivity contribution in [3.8, 4) is 50.6 Å². The predicted molar refractivity (Wildman–Crippen MR) is 231 cm³/mol. The molecule has 0 N–H and O–H groups in total. The second kappa shape index (κ2) is 12.6. The molecular formula is C52H33N3. The molecule has 0 spiro atoms. The van der Waals surface area contributed by atoms with Gasteiger partial charge >= 0.3 is 0 Å². The Morgan fingerprint density at radius 3 is 1.67 bits per heavy atom. The number of aromatic nitrogens is 3. The van der Waals surface area contributed by atoms with Crippen LogP contribution < -0.4 is 0 Å². The van der Waals surface area contributed by atoms with Gasteiger partial charge in [0.2, 0.25) is 0 Å². The van der Waals surface area contributed by atoms with Crippen molar-refractivity contribution in [1.82, 2.24) is 14.5 Å². The summed E-state index contributed by atoms with van der Waals surface area (Å²) in [4.78, 5) is 10.6. The molecule has 11 aromatic rings. The molecule has 0 amide bonds. The smallest absolute Gasteiger partial charge is 0.145 e. The predicted octanol–water partition coefficient (Wildman–Crippen LogP) is 13.7. The molecule has 2 heterocycles. The third-order valence-electron chi connectivity index (χ3n) is 11.0. The third-order valence-corrected chi connectivity index (χ3v) is 11.0. The number of imidazole rings is 1. The topological polar surface area (TPSA) is 30.7 Å². The molecular weight excluding hydrogens is 667 g/mol. The van der Waals surface area contributed by atoms with E-state index in [2.05, 4.69) is 205 Å². The number of rotatable bonds is 5. The minimum atomic E-state index is 0.917. The molecule has 55 heavy (non-hydrogen) atoms. The highest BCUT2D eigenvalue weighted by molar-refractivity contribution is 6.16. The molecule has 0 saturated carbocycles. The first-order valence-electron chi connectivity index (χ1n) is 18.7. The van der Waals surface area contributed by atoms with E-state index in [1.165, 1.54) is 38.1 Å². The van der Waals surface area contributed by atoms with Crippen molar-refractivity contribution >= 4 is 54.3 Å². The van der Waals surface area contributed by atoms with Crippen LogP contribution in [0.3, 0.4) is 0 Å². The van der Waals surface area contributed by atoms with Crippen molar-refractivity contribution in [3.63, 3.8) is 0 Å². The number of nitrogens with zero attached hydrogens (tertiary/aromatic N) is 3. The largest absolute Gasteiger partial charge is 0.292 e. The van der Waals surface area contributed by atoms with Crippen LogP contribution in [0.1, 0.15) is 0 Å². The van der Waals surface area contributed by atoms with E-state index < -0.39 is 0 Å². The van der Waals surface area contributed by atoms with E-state index in [9.17, 15) is 0 Å². The van der Waals surface area contributed by atoms with E-state index in [1.807, 2.05) is 0 Å². The van der Waals surface area contributed by atoms with Crippen LogP contribution in [0, 0.1) is 0 Å². The fourth-order valence-electron chi connectivity index (χ4n) is 8.24. The lowest BCUT2D eigenvalue weighted by Gasteiger charge is -2.16. The molecule has 3 heteroatoms. The quantitative estimate of drug-likeness (QED) is 0.167. The van der Waals surface area contributed by atoms with E-state index in [4.69, 9.17) is 9.97 Å². The Hall–Kier alpha value is -7.36. The maximum atomic E-state index is 5.47. The highest BCUT2D eigenvalue weighted by Gasteiger charge is 2.18. The normalized spacial score (nSPS) is 11.6. The minimum Gasteiger partial charge on any atom is -0.292 e. The zero-order valence-electron chi connectivity index (χ0n) is 29.9. The molecule has 0 atom stereocenters. The van der Waals surface area contributed by atoms with Gasteiger partial charge in [-0.3, -0.25) is 4.57 Å². The molecule has 0 aliphatic rings. The first-order chi connectivity index (χ1) is 27.2. The van der Waals surface area contributed by atoms with Gasteiger partial charge in [-0.05, 0) is 97.7 Å². The maximum Gasteiger partial charge on any atom is 0.145 e. The summed E-state index contributed by atoms with van der Waals surface area (Å²) in [7, 11) is 0. The van der Waals surface area contributed by atoms with E-state index in [0.29, 0.717) is 0 Å². The summed E-state index contributed by atoms with van der Waals surface area (Å²) in [5, 5.41) is 8.33. The molecule has 256 valence electrons. The summed E-state index contributed by atoms with van der Waals surface area (Å²) in [6.07, 6.45) is 0. The van der Waals surface area contributed by atoms with Gasteiger partial charge in [-0.15, -0.1) is 0 Å². The van der Waals surface area contributed by atoms with E-state index in [1.54, 1.807) is 0 Å². The van der Waals surface area contributed by atoms with Gasteiger partial charge in [-0.1, -0.05) is 152 Å². The van der Waals surface area contributed by atoms with Crippen LogP contribution in [0.2, 0.25) is 0 Å². The Bertz CT molecular complexity index is 3250. The average Bonchev–Trinajstić information content (AvgIpc) is 3.65. The SMILES string of the molecule is c1ccc(-n2c(-c3ccc(-c4cc(-c5ccc6ccccc6c5)nc5c4cc(-c4ccc6ccccc6c4)c4ccccc45)cc3)nc3ccccc32)cc1.